The Morgan fingerprint density at radius 1 is 1.45 bits per heavy atom. The molecule has 0 saturated heterocycles. The zero-order chi connectivity index (χ0) is 8.53. The number of terminal acetylenes is 1. The molecule has 1 heteroatoms. The van der Waals surface area contributed by atoms with Crippen LogP contribution in [-0.2, 0) is 4.74 Å². The molecule has 11 heavy (non-hydrogen) atoms. The van der Waals surface area contributed by atoms with E-state index in [1.165, 1.54) is 0 Å². The van der Waals surface area contributed by atoms with Crippen molar-refractivity contribution in [3.05, 3.63) is 0 Å². The van der Waals surface area contributed by atoms with Crippen LogP contribution in [0.5, 0.6) is 0 Å². The summed E-state index contributed by atoms with van der Waals surface area (Å²) in [5, 5.41) is 0. The van der Waals surface area contributed by atoms with Gasteiger partial charge in [0.2, 0.25) is 0 Å². The molecular weight excluding hydrogens is 136 g/mol. The lowest BCUT2D eigenvalue weighted by Gasteiger charge is -2.03. The summed E-state index contributed by atoms with van der Waals surface area (Å²) in [4.78, 5) is 0. The van der Waals surface area contributed by atoms with Crippen LogP contribution in [0.1, 0.15) is 33.1 Å². The molecule has 0 N–H and O–H groups in total. The molecule has 0 amide bonds. The van der Waals surface area contributed by atoms with Crippen molar-refractivity contribution in [2.24, 2.45) is 5.92 Å². The van der Waals surface area contributed by atoms with Gasteiger partial charge in [0, 0.05) is 19.1 Å². The van der Waals surface area contributed by atoms with Gasteiger partial charge in [0.1, 0.15) is 0 Å². The fraction of sp³-hybridized carbons (Fsp3) is 0.800. The minimum atomic E-state index is 0.403. The predicted molar refractivity (Wildman–Crippen MR) is 48.3 cm³/mol. The third-order valence-corrected chi connectivity index (χ3v) is 1.56. The van der Waals surface area contributed by atoms with Crippen LogP contribution in [0.25, 0.3) is 0 Å². The highest BCUT2D eigenvalue weighted by Gasteiger charge is 1.95. The number of ether oxygens (including phenoxy) is 1. The molecule has 0 aliphatic rings. The summed E-state index contributed by atoms with van der Waals surface area (Å²) in [6.45, 7) is 5.92. The van der Waals surface area contributed by atoms with Crippen molar-refractivity contribution in [3.63, 3.8) is 0 Å². The smallest absolute Gasteiger partial charge is 0.0466 e. The highest BCUT2D eigenvalue weighted by Crippen LogP contribution is 2.03. The van der Waals surface area contributed by atoms with Gasteiger partial charge in [0.15, 0.2) is 0 Å². The van der Waals surface area contributed by atoms with E-state index in [4.69, 9.17) is 11.2 Å². The first kappa shape index (κ1) is 10.5. The maximum absolute atomic E-state index is 5.31. The van der Waals surface area contributed by atoms with Gasteiger partial charge in [-0.15, -0.1) is 12.3 Å². The summed E-state index contributed by atoms with van der Waals surface area (Å²) in [5.41, 5.74) is 0. The molecule has 0 aliphatic heterocycles. The van der Waals surface area contributed by atoms with Gasteiger partial charge in [-0.1, -0.05) is 13.8 Å². The normalized spacial score (nSPS) is 12.5. The molecule has 0 aromatic heterocycles. The Bertz CT molecular complexity index is 113. The van der Waals surface area contributed by atoms with Crippen LogP contribution in [0.4, 0.5) is 0 Å². The maximum atomic E-state index is 5.31. The van der Waals surface area contributed by atoms with Crippen LogP contribution in [0.2, 0.25) is 0 Å². The minimum Gasteiger partial charge on any atom is -0.381 e. The molecule has 0 bridgehead atoms. The molecular formula is C10H18O. The zero-order valence-electron chi connectivity index (χ0n) is 7.60. The Balaban J connectivity index is 2.97. The van der Waals surface area contributed by atoms with Gasteiger partial charge < -0.3 is 4.74 Å². The molecule has 0 radical (unpaired) electrons. The van der Waals surface area contributed by atoms with E-state index in [9.17, 15) is 0 Å². The zero-order valence-corrected chi connectivity index (χ0v) is 7.60. The van der Waals surface area contributed by atoms with E-state index in [2.05, 4.69) is 19.8 Å². The molecule has 1 nitrogen and oxygen atoms in total. The Hall–Kier alpha value is -0.480. The maximum Gasteiger partial charge on any atom is 0.0466 e. The number of hydrogen-bond donors (Lipinski definition) is 0. The summed E-state index contributed by atoms with van der Waals surface area (Å²) < 4.78 is 5.31. The Morgan fingerprint density at radius 2 is 2.18 bits per heavy atom. The van der Waals surface area contributed by atoms with Crippen LogP contribution < -0.4 is 0 Å². The second-order valence-corrected chi connectivity index (χ2v) is 2.82. The lowest BCUT2D eigenvalue weighted by Crippen LogP contribution is -1.98. The standard InChI is InChI=1S/C10H18O/c1-4-8-11-9-6-7-10(3)5-2/h2,10H,4,6-9H2,1,3H3. The summed E-state index contributed by atoms with van der Waals surface area (Å²) >= 11 is 0. The van der Waals surface area contributed by atoms with E-state index >= 15 is 0 Å². The molecule has 0 spiro atoms. The van der Waals surface area contributed by atoms with Gasteiger partial charge in [-0.2, -0.15) is 0 Å². The Kier molecular flexibility index (Phi) is 7.29. The molecule has 0 saturated carbocycles. The van der Waals surface area contributed by atoms with Gasteiger partial charge in [0.25, 0.3) is 0 Å². The first-order valence-corrected chi connectivity index (χ1v) is 4.35. The molecule has 64 valence electrons. The SMILES string of the molecule is C#CC(C)CCCOCCC. The highest BCUT2D eigenvalue weighted by atomic mass is 16.5. The summed E-state index contributed by atoms with van der Waals surface area (Å²) in [6, 6.07) is 0. The summed E-state index contributed by atoms with van der Waals surface area (Å²) in [7, 11) is 0. The van der Waals surface area contributed by atoms with E-state index in [-0.39, 0.29) is 0 Å². The number of rotatable bonds is 6. The fourth-order valence-corrected chi connectivity index (χ4v) is 0.821. The average molecular weight is 154 g/mol. The molecule has 1 atom stereocenters. The fourth-order valence-electron chi connectivity index (χ4n) is 0.821. The van der Waals surface area contributed by atoms with E-state index < -0.39 is 0 Å². The van der Waals surface area contributed by atoms with Crippen LogP contribution in [-0.4, -0.2) is 13.2 Å². The van der Waals surface area contributed by atoms with Gasteiger partial charge >= 0.3 is 0 Å². The highest BCUT2D eigenvalue weighted by molar-refractivity contribution is 4.89. The van der Waals surface area contributed by atoms with Crippen molar-refractivity contribution in [1.29, 1.82) is 0 Å². The van der Waals surface area contributed by atoms with Crippen molar-refractivity contribution < 1.29 is 4.74 Å². The van der Waals surface area contributed by atoms with Crippen molar-refractivity contribution in [2.75, 3.05) is 13.2 Å². The van der Waals surface area contributed by atoms with Crippen LogP contribution >= 0.6 is 0 Å². The Morgan fingerprint density at radius 3 is 2.73 bits per heavy atom. The van der Waals surface area contributed by atoms with E-state index in [0.717, 1.165) is 32.5 Å². The van der Waals surface area contributed by atoms with Crippen molar-refractivity contribution in [2.45, 2.75) is 33.1 Å². The van der Waals surface area contributed by atoms with Crippen molar-refractivity contribution >= 4 is 0 Å². The van der Waals surface area contributed by atoms with Crippen LogP contribution in [0.3, 0.4) is 0 Å². The Labute approximate surface area is 70.1 Å². The predicted octanol–water partition coefficient (Wildman–Crippen LogP) is 2.46. The molecule has 0 fully saturated rings. The van der Waals surface area contributed by atoms with E-state index in [1.54, 1.807) is 0 Å². The van der Waals surface area contributed by atoms with Crippen LogP contribution in [0.15, 0.2) is 0 Å². The van der Waals surface area contributed by atoms with Gasteiger partial charge in [0.05, 0.1) is 0 Å². The molecule has 0 heterocycles. The van der Waals surface area contributed by atoms with E-state index in [0.29, 0.717) is 5.92 Å². The minimum absolute atomic E-state index is 0.403. The topological polar surface area (TPSA) is 9.23 Å². The molecule has 0 rings (SSSR count). The van der Waals surface area contributed by atoms with Gasteiger partial charge in [-0.25, -0.2) is 0 Å². The summed E-state index contributed by atoms with van der Waals surface area (Å²) in [5.74, 6) is 3.10. The monoisotopic (exact) mass is 154 g/mol. The van der Waals surface area contributed by atoms with Gasteiger partial charge in [-0.3, -0.25) is 0 Å². The molecule has 0 aromatic carbocycles. The second kappa shape index (κ2) is 7.63. The van der Waals surface area contributed by atoms with Crippen molar-refractivity contribution in [3.8, 4) is 12.3 Å². The average Bonchev–Trinajstić information content (AvgIpc) is 2.04. The lowest BCUT2D eigenvalue weighted by atomic mass is 10.1. The first-order valence-electron chi connectivity index (χ1n) is 4.35. The third kappa shape index (κ3) is 7.42. The largest absolute Gasteiger partial charge is 0.381 e. The number of hydrogen-bond acceptors (Lipinski definition) is 1. The molecule has 0 aromatic rings. The second-order valence-electron chi connectivity index (χ2n) is 2.82. The van der Waals surface area contributed by atoms with Crippen molar-refractivity contribution in [1.82, 2.24) is 0 Å². The first-order chi connectivity index (χ1) is 5.31. The quantitative estimate of drug-likeness (QED) is 0.422. The lowest BCUT2D eigenvalue weighted by molar-refractivity contribution is 0.129. The molecule has 1 unspecified atom stereocenters. The van der Waals surface area contributed by atoms with E-state index in [1.807, 2.05) is 0 Å². The summed E-state index contributed by atoms with van der Waals surface area (Å²) in [6.07, 6.45) is 8.50. The van der Waals surface area contributed by atoms with Crippen LogP contribution in [0, 0.1) is 18.3 Å². The van der Waals surface area contributed by atoms with Gasteiger partial charge in [-0.05, 0) is 19.3 Å². The molecule has 0 aliphatic carbocycles. The third-order valence-electron chi connectivity index (χ3n) is 1.56.